The van der Waals surface area contributed by atoms with Crippen molar-refractivity contribution in [3.05, 3.63) is 65.5 Å². The average Bonchev–Trinajstić information content (AvgIpc) is 2.56. The first-order valence-electron chi connectivity index (χ1n) is 7.84. The molecule has 2 heterocycles. The number of carbonyl (C=O) groups excluding carboxylic acids is 1. The molecule has 0 spiro atoms. The van der Waals surface area contributed by atoms with Gasteiger partial charge >= 0.3 is 0 Å². The van der Waals surface area contributed by atoms with Gasteiger partial charge in [-0.1, -0.05) is 23.7 Å². The van der Waals surface area contributed by atoms with E-state index in [1.54, 1.807) is 25.4 Å². The summed E-state index contributed by atoms with van der Waals surface area (Å²) >= 11 is 6.87. The van der Waals surface area contributed by atoms with Gasteiger partial charge < -0.3 is 4.90 Å². The van der Waals surface area contributed by atoms with Crippen LogP contribution in [-0.4, -0.2) is 22.3 Å². The van der Waals surface area contributed by atoms with Gasteiger partial charge in [0.15, 0.2) is 5.00 Å². The van der Waals surface area contributed by atoms with E-state index < -0.39 is 22.6 Å². The van der Waals surface area contributed by atoms with Crippen molar-refractivity contribution >= 4 is 17.5 Å². The minimum atomic E-state index is -1.62. The lowest BCUT2D eigenvalue weighted by molar-refractivity contribution is -0.139. The van der Waals surface area contributed by atoms with Gasteiger partial charge in [0, 0.05) is 31.3 Å². The molecule has 2 unspecified atom stereocenters. The molecule has 2 atom stereocenters. The fourth-order valence-electron chi connectivity index (χ4n) is 3.48. The molecular formula is C18H17ClF2N2O. The van der Waals surface area contributed by atoms with Crippen molar-refractivity contribution in [2.75, 3.05) is 6.54 Å². The lowest BCUT2D eigenvalue weighted by atomic mass is 9.79. The van der Waals surface area contributed by atoms with Gasteiger partial charge in [0.2, 0.25) is 5.91 Å². The van der Waals surface area contributed by atoms with Crippen LogP contribution in [0, 0.1) is 11.6 Å². The SMILES string of the molecule is CCN1C(=O)CCC(c2cccnc2)C1(Cl)c1c(F)cccc1F. The van der Waals surface area contributed by atoms with Crippen molar-refractivity contribution in [2.24, 2.45) is 0 Å². The fraction of sp³-hybridized carbons (Fsp3) is 0.333. The molecule has 1 fully saturated rings. The van der Waals surface area contributed by atoms with E-state index in [9.17, 15) is 13.6 Å². The van der Waals surface area contributed by atoms with Gasteiger partial charge in [0.05, 0.1) is 5.56 Å². The highest BCUT2D eigenvalue weighted by atomic mass is 35.5. The maximum Gasteiger partial charge on any atom is 0.224 e. The number of rotatable bonds is 3. The number of likely N-dealkylation sites (N-methyl/N-ethyl adjacent to an activating group) is 1. The van der Waals surface area contributed by atoms with Gasteiger partial charge in [-0.15, -0.1) is 0 Å². The van der Waals surface area contributed by atoms with Crippen molar-refractivity contribution in [2.45, 2.75) is 30.7 Å². The van der Waals surface area contributed by atoms with Gasteiger partial charge in [-0.05, 0) is 37.1 Å². The number of pyridine rings is 1. The lowest BCUT2D eigenvalue weighted by Crippen LogP contribution is -2.53. The summed E-state index contributed by atoms with van der Waals surface area (Å²) in [6.45, 7) is 2.01. The number of amides is 1. The first kappa shape index (κ1) is 16.8. The number of benzene rings is 1. The van der Waals surface area contributed by atoms with E-state index in [1.807, 2.05) is 6.07 Å². The highest BCUT2D eigenvalue weighted by Gasteiger charge is 2.52. The first-order chi connectivity index (χ1) is 11.5. The molecule has 3 nitrogen and oxygen atoms in total. The van der Waals surface area contributed by atoms with Crippen LogP contribution in [0.4, 0.5) is 8.78 Å². The number of carbonyl (C=O) groups is 1. The summed E-state index contributed by atoms with van der Waals surface area (Å²) in [6, 6.07) is 7.17. The topological polar surface area (TPSA) is 33.2 Å². The summed E-state index contributed by atoms with van der Waals surface area (Å²) in [4.78, 5) is 16.2. The third-order valence-electron chi connectivity index (χ3n) is 4.52. The second kappa shape index (κ2) is 6.48. The van der Waals surface area contributed by atoms with E-state index in [-0.39, 0.29) is 24.4 Å². The molecule has 24 heavy (non-hydrogen) atoms. The smallest absolute Gasteiger partial charge is 0.224 e. The van der Waals surface area contributed by atoms with Crippen LogP contribution >= 0.6 is 11.6 Å². The zero-order valence-corrected chi connectivity index (χ0v) is 13.9. The third-order valence-corrected chi connectivity index (χ3v) is 5.18. The highest BCUT2D eigenvalue weighted by Crippen LogP contribution is 2.52. The molecule has 1 amide bonds. The van der Waals surface area contributed by atoms with Crippen molar-refractivity contribution in [3.63, 3.8) is 0 Å². The monoisotopic (exact) mass is 350 g/mol. The maximum absolute atomic E-state index is 14.5. The Hall–Kier alpha value is -2.01. The van der Waals surface area contributed by atoms with Crippen molar-refractivity contribution in [3.8, 4) is 0 Å². The molecule has 1 aliphatic heterocycles. The van der Waals surface area contributed by atoms with E-state index >= 15 is 0 Å². The number of halogens is 3. The number of alkyl halides is 1. The molecular weight excluding hydrogens is 334 g/mol. The summed E-state index contributed by atoms with van der Waals surface area (Å²) in [5.74, 6) is -2.19. The Morgan fingerprint density at radius 1 is 1.29 bits per heavy atom. The summed E-state index contributed by atoms with van der Waals surface area (Å²) in [5.41, 5.74) is 0.469. The van der Waals surface area contributed by atoms with E-state index in [4.69, 9.17) is 11.6 Å². The molecule has 1 aromatic carbocycles. The van der Waals surface area contributed by atoms with Crippen LogP contribution in [-0.2, 0) is 9.79 Å². The number of hydrogen-bond acceptors (Lipinski definition) is 2. The summed E-state index contributed by atoms with van der Waals surface area (Å²) < 4.78 is 29.1. The normalized spacial score (nSPS) is 24.2. The van der Waals surface area contributed by atoms with Crippen LogP contribution in [0.1, 0.15) is 36.8 Å². The summed E-state index contributed by atoms with van der Waals surface area (Å²) in [5, 5.41) is 0. The molecule has 0 radical (unpaired) electrons. The molecule has 0 N–H and O–H groups in total. The Kier molecular flexibility index (Phi) is 4.54. The minimum Gasteiger partial charge on any atom is -0.319 e. The Bertz CT molecular complexity index is 736. The van der Waals surface area contributed by atoms with Gasteiger partial charge in [-0.25, -0.2) is 8.78 Å². The van der Waals surface area contributed by atoms with Gasteiger partial charge in [-0.3, -0.25) is 9.78 Å². The molecule has 6 heteroatoms. The largest absolute Gasteiger partial charge is 0.319 e. The Labute approximate surface area is 144 Å². The van der Waals surface area contributed by atoms with Crippen molar-refractivity contribution in [1.29, 1.82) is 0 Å². The number of likely N-dealkylation sites (tertiary alicyclic amines) is 1. The third kappa shape index (κ3) is 2.57. The zero-order chi connectivity index (χ0) is 17.3. The van der Waals surface area contributed by atoms with Crippen LogP contribution < -0.4 is 0 Å². The minimum absolute atomic E-state index is 0.213. The van der Waals surface area contributed by atoms with Gasteiger partial charge in [0.25, 0.3) is 0 Å². The molecule has 1 aliphatic rings. The standard InChI is InChI=1S/C18H17ClF2N2O/c1-2-23-16(24)9-8-13(12-5-4-10-22-11-12)18(23,19)17-14(20)6-3-7-15(17)21/h3-7,10-11,13H,2,8-9H2,1H3. The molecule has 0 aliphatic carbocycles. The molecule has 2 aromatic rings. The number of nitrogens with zero attached hydrogens (tertiary/aromatic N) is 2. The summed E-state index contributed by atoms with van der Waals surface area (Å²) in [6.07, 6.45) is 3.93. The zero-order valence-electron chi connectivity index (χ0n) is 13.2. The molecule has 1 aromatic heterocycles. The van der Waals surface area contributed by atoms with Gasteiger partial charge in [-0.2, -0.15) is 0 Å². The Morgan fingerprint density at radius 3 is 2.58 bits per heavy atom. The van der Waals surface area contributed by atoms with E-state index in [0.717, 1.165) is 17.7 Å². The van der Waals surface area contributed by atoms with Crippen molar-refractivity contribution < 1.29 is 13.6 Å². The van der Waals surface area contributed by atoms with Crippen LogP contribution in [0.15, 0.2) is 42.7 Å². The number of aromatic nitrogens is 1. The molecule has 0 saturated carbocycles. The predicted molar refractivity (Wildman–Crippen MR) is 87.5 cm³/mol. The molecule has 3 rings (SSSR count). The predicted octanol–water partition coefficient (Wildman–Crippen LogP) is 4.18. The summed E-state index contributed by atoms with van der Waals surface area (Å²) in [7, 11) is 0. The van der Waals surface area contributed by atoms with Crippen LogP contribution in [0.2, 0.25) is 0 Å². The Balaban J connectivity index is 2.24. The molecule has 0 bridgehead atoms. The second-order valence-corrected chi connectivity index (χ2v) is 6.36. The quantitative estimate of drug-likeness (QED) is 0.614. The van der Waals surface area contributed by atoms with Crippen molar-refractivity contribution in [1.82, 2.24) is 9.88 Å². The number of hydrogen-bond donors (Lipinski definition) is 0. The molecule has 126 valence electrons. The lowest BCUT2D eigenvalue weighted by Gasteiger charge is -2.48. The van der Waals surface area contributed by atoms with Gasteiger partial charge in [0.1, 0.15) is 11.6 Å². The highest BCUT2D eigenvalue weighted by molar-refractivity contribution is 6.25. The van der Waals surface area contributed by atoms with E-state index in [1.165, 1.54) is 11.0 Å². The van der Waals surface area contributed by atoms with Crippen LogP contribution in [0.5, 0.6) is 0 Å². The van der Waals surface area contributed by atoms with Crippen LogP contribution in [0.25, 0.3) is 0 Å². The fourth-order valence-corrected chi connectivity index (χ4v) is 4.11. The Morgan fingerprint density at radius 2 is 2.00 bits per heavy atom. The maximum atomic E-state index is 14.5. The van der Waals surface area contributed by atoms with E-state index in [0.29, 0.717) is 6.42 Å². The van der Waals surface area contributed by atoms with E-state index in [2.05, 4.69) is 4.98 Å². The first-order valence-corrected chi connectivity index (χ1v) is 8.21. The van der Waals surface area contributed by atoms with Crippen LogP contribution in [0.3, 0.4) is 0 Å². The number of piperidine rings is 1. The second-order valence-electron chi connectivity index (χ2n) is 5.79. The molecule has 1 saturated heterocycles. The average molecular weight is 351 g/mol.